The van der Waals surface area contributed by atoms with Crippen molar-refractivity contribution in [3.8, 4) is 0 Å². The number of halogens is 1. The standard InChI is InChI=1S/C18H23S2.ClHO4/c1-12-7-13(2)9-17(8-12)20(6)18-14(3)10-16(19-5)11-15(18)4;2-1(3,4)5/h7-11H,1-6H3;(H,2,3,4,5)/q+1;/p-1. The maximum absolute atomic E-state index is 8.49. The van der Waals surface area contributed by atoms with Crippen LogP contribution in [-0.2, 0) is 10.9 Å². The fourth-order valence-corrected chi connectivity index (χ4v) is 5.37. The summed E-state index contributed by atoms with van der Waals surface area (Å²) >= 11 is 1.82. The SMILES string of the molecule is CSc1cc(C)c([S+](C)c2cc(C)cc(C)c2)c(C)c1.[O-][Cl+3]([O-])([O-])[O-]. The Hall–Kier alpha value is -0.730. The van der Waals surface area contributed by atoms with Crippen molar-refractivity contribution >= 4 is 22.7 Å². The number of aryl methyl sites for hydroxylation is 4. The molecule has 0 aliphatic carbocycles. The molecule has 0 amide bonds. The van der Waals surface area contributed by atoms with Crippen molar-refractivity contribution in [3.05, 3.63) is 52.6 Å². The van der Waals surface area contributed by atoms with E-state index >= 15 is 0 Å². The van der Waals surface area contributed by atoms with Gasteiger partial charge in [-0.25, -0.2) is 18.6 Å². The van der Waals surface area contributed by atoms with Gasteiger partial charge in [-0.05, 0) is 69.3 Å². The lowest BCUT2D eigenvalue weighted by atomic mass is 10.1. The number of rotatable bonds is 3. The van der Waals surface area contributed by atoms with Gasteiger partial charge in [0, 0.05) is 16.0 Å². The minimum absolute atomic E-state index is 0.140. The van der Waals surface area contributed by atoms with Crippen LogP contribution < -0.4 is 18.6 Å². The Balaban J connectivity index is 0.000000550. The van der Waals surface area contributed by atoms with Gasteiger partial charge < -0.3 is 0 Å². The van der Waals surface area contributed by atoms with E-state index in [1.807, 2.05) is 11.8 Å². The molecule has 0 aromatic heterocycles. The molecule has 0 N–H and O–H groups in total. The Kier molecular flexibility index (Phi) is 8.28. The average Bonchev–Trinajstić information content (AvgIpc) is 2.43. The zero-order valence-electron chi connectivity index (χ0n) is 15.2. The fraction of sp³-hybridized carbons (Fsp3) is 0.333. The number of hydrogen-bond donors (Lipinski definition) is 0. The first-order valence-electron chi connectivity index (χ1n) is 7.43. The average molecular weight is 403 g/mol. The molecule has 138 valence electrons. The Morgan fingerprint density at radius 1 is 0.800 bits per heavy atom. The predicted molar refractivity (Wildman–Crippen MR) is 93.4 cm³/mol. The maximum Gasteiger partial charge on any atom is 0.166 e. The Morgan fingerprint density at radius 3 is 1.56 bits per heavy atom. The second-order valence-corrected chi connectivity index (χ2v) is 9.34. The van der Waals surface area contributed by atoms with Crippen LogP contribution in [-0.4, -0.2) is 12.5 Å². The lowest BCUT2D eigenvalue weighted by molar-refractivity contribution is -2.00. The van der Waals surface area contributed by atoms with Crippen molar-refractivity contribution in [1.82, 2.24) is 0 Å². The van der Waals surface area contributed by atoms with E-state index in [0.717, 1.165) is 0 Å². The fourth-order valence-electron chi connectivity index (χ4n) is 2.74. The number of benzene rings is 2. The minimum atomic E-state index is -4.94. The van der Waals surface area contributed by atoms with E-state index in [4.69, 9.17) is 18.6 Å². The molecular weight excluding hydrogens is 380 g/mol. The van der Waals surface area contributed by atoms with Crippen LogP contribution in [0.1, 0.15) is 22.3 Å². The highest BCUT2D eigenvalue weighted by Crippen LogP contribution is 2.31. The summed E-state index contributed by atoms with van der Waals surface area (Å²) in [6.45, 7) is 8.86. The van der Waals surface area contributed by atoms with Crippen molar-refractivity contribution in [2.75, 3.05) is 12.5 Å². The Bertz CT molecular complexity index is 680. The molecular formula is C18H23ClO4S2. The molecule has 4 nitrogen and oxygen atoms in total. The summed E-state index contributed by atoms with van der Waals surface area (Å²) in [5.41, 5.74) is 5.55. The summed E-state index contributed by atoms with van der Waals surface area (Å²) in [6, 6.07) is 11.5. The van der Waals surface area contributed by atoms with Gasteiger partial charge in [-0.3, -0.25) is 0 Å². The molecule has 2 aromatic rings. The second kappa shape index (κ2) is 9.28. The number of thioether (sulfide) groups is 1. The first-order chi connectivity index (χ1) is 11.4. The summed E-state index contributed by atoms with van der Waals surface area (Å²) in [4.78, 5) is 4.32. The molecule has 0 saturated heterocycles. The quantitative estimate of drug-likeness (QED) is 0.552. The van der Waals surface area contributed by atoms with Gasteiger partial charge in [0.15, 0.2) is 9.79 Å². The Morgan fingerprint density at radius 2 is 1.20 bits per heavy atom. The van der Waals surface area contributed by atoms with E-state index in [1.165, 1.54) is 36.9 Å². The maximum atomic E-state index is 8.49. The lowest BCUT2D eigenvalue weighted by Gasteiger charge is -2.17. The molecule has 2 aromatic carbocycles. The zero-order valence-corrected chi connectivity index (χ0v) is 17.6. The smallest absolute Gasteiger partial charge is 0.166 e. The highest BCUT2D eigenvalue weighted by Gasteiger charge is 2.24. The summed E-state index contributed by atoms with van der Waals surface area (Å²) in [5, 5.41) is 0. The topological polar surface area (TPSA) is 92.2 Å². The van der Waals surface area contributed by atoms with Crippen LogP contribution in [0.4, 0.5) is 0 Å². The Labute approximate surface area is 159 Å². The van der Waals surface area contributed by atoms with Crippen molar-refractivity contribution in [1.29, 1.82) is 0 Å². The van der Waals surface area contributed by atoms with Crippen molar-refractivity contribution in [2.45, 2.75) is 42.4 Å². The molecule has 0 radical (unpaired) electrons. The molecule has 1 atom stereocenters. The van der Waals surface area contributed by atoms with Gasteiger partial charge in [0.2, 0.25) is 0 Å². The van der Waals surface area contributed by atoms with Crippen LogP contribution in [0, 0.1) is 37.9 Å². The van der Waals surface area contributed by atoms with Crippen LogP contribution >= 0.6 is 11.8 Å². The van der Waals surface area contributed by atoms with Crippen LogP contribution in [0.2, 0.25) is 0 Å². The molecule has 2 rings (SSSR count). The van der Waals surface area contributed by atoms with E-state index in [-0.39, 0.29) is 10.9 Å². The molecule has 7 heteroatoms. The largest absolute Gasteiger partial charge is 0.222 e. The molecule has 25 heavy (non-hydrogen) atoms. The van der Waals surface area contributed by atoms with Crippen LogP contribution in [0.25, 0.3) is 0 Å². The van der Waals surface area contributed by atoms with E-state index in [2.05, 4.69) is 70.5 Å². The van der Waals surface area contributed by atoms with E-state index in [1.54, 1.807) is 0 Å². The van der Waals surface area contributed by atoms with Gasteiger partial charge in [0.05, 0.1) is 10.9 Å². The molecule has 0 fully saturated rings. The third-order valence-corrected chi connectivity index (χ3v) is 6.43. The summed E-state index contributed by atoms with van der Waals surface area (Å²) in [6.07, 6.45) is 4.49. The van der Waals surface area contributed by atoms with Crippen molar-refractivity contribution < 1.29 is 28.9 Å². The predicted octanol–water partition coefficient (Wildman–Crippen LogP) is 0.552. The van der Waals surface area contributed by atoms with Gasteiger partial charge in [0.1, 0.15) is 6.26 Å². The summed E-state index contributed by atoms with van der Waals surface area (Å²) < 4.78 is 34.0. The van der Waals surface area contributed by atoms with Gasteiger partial charge in [0.25, 0.3) is 0 Å². The first-order valence-corrected chi connectivity index (χ1v) is 11.5. The van der Waals surface area contributed by atoms with Gasteiger partial charge in [-0.15, -0.1) is 22.0 Å². The first kappa shape index (κ1) is 22.3. The summed E-state index contributed by atoms with van der Waals surface area (Å²) in [7, 11) is -4.80. The highest BCUT2D eigenvalue weighted by molar-refractivity contribution is 7.98. The van der Waals surface area contributed by atoms with E-state index < -0.39 is 10.2 Å². The third kappa shape index (κ3) is 7.58. The van der Waals surface area contributed by atoms with E-state index in [0.29, 0.717) is 0 Å². The highest BCUT2D eigenvalue weighted by atomic mass is 35.7. The van der Waals surface area contributed by atoms with Gasteiger partial charge >= 0.3 is 0 Å². The lowest BCUT2D eigenvalue weighted by Crippen LogP contribution is -2.68. The van der Waals surface area contributed by atoms with Crippen molar-refractivity contribution in [2.24, 2.45) is 0 Å². The van der Waals surface area contributed by atoms with Crippen LogP contribution in [0.5, 0.6) is 0 Å². The molecule has 1 unspecified atom stereocenters. The van der Waals surface area contributed by atoms with Gasteiger partial charge in [-0.1, -0.05) is 6.07 Å². The normalized spacial score (nSPS) is 12.4. The zero-order chi connectivity index (χ0) is 19.4. The van der Waals surface area contributed by atoms with E-state index in [9.17, 15) is 0 Å². The molecule has 0 heterocycles. The molecule has 0 bridgehead atoms. The van der Waals surface area contributed by atoms with Crippen molar-refractivity contribution in [3.63, 3.8) is 0 Å². The molecule has 0 spiro atoms. The number of hydrogen-bond acceptors (Lipinski definition) is 5. The monoisotopic (exact) mass is 402 g/mol. The second-order valence-electron chi connectivity index (χ2n) is 5.80. The molecule has 0 saturated carbocycles. The van der Waals surface area contributed by atoms with Gasteiger partial charge in [-0.2, -0.15) is 0 Å². The van der Waals surface area contributed by atoms with Crippen LogP contribution in [0.3, 0.4) is 0 Å². The van der Waals surface area contributed by atoms with Crippen LogP contribution in [0.15, 0.2) is 45.0 Å². The molecule has 0 aliphatic heterocycles. The molecule has 0 aliphatic rings. The minimum Gasteiger partial charge on any atom is -0.222 e. The summed E-state index contributed by atoms with van der Waals surface area (Å²) in [5.74, 6) is 0. The third-order valence-electron chi connectivity index (χ3n) is 3.52.